The molecule has 0 bridgehead atoms. The van der Waals surface area contributed by atoms with E-state index in [1.165, 1.54) is 22.5 Å². The van der Waals surface area contributed by atoms with Crippen LogP contribution < -0.4 is 19.0 Å². The molecular formula is C24H27N3O3S. The summed E-state index contributed by atoms with van der Waals surface area (Å²) in [5.41, 5.74) is 5.29. The third-order valence-electron chi connectivity index (χ3n) is 4.89. The van der Waals surface area contributed by atoms with E-state index in [9.17, 15) is 0 Å². The molecule has 1 aromatic heterocycles. The number of rotatable bonds is 8. The molecule has 0 aliphatic carbocycles. The normalized spacial score (nSPS) is 11.7. The summed E-state index contributed by atoms with van der Waals surface area (Å²) >= 11 is 1.54. The molecule has 0 saturated heterocycles. The average molecular weight is 438 g/mol. The van der Waals surface area contributed by atoms with Gasteiger partial charge in [-0.1, -0.05) is 18.2 Å². The highest BCUT2D eigenvalue weighted by Gasteiger charge is 2.15. The van der Waals surface area contributed by atoms with Crippen molar-refractivity contribution in [3.8, 4) is 28.5 Å². The van der Waals surface area contributed by atoms with E-state index >= 15 is 0 Å². The van der Waals surface area contributed by atoms with E-state index in [0.717, 1.165) is 21.6 Å². The fourth-order valence-electron chi connectivity index (χ4n) is 3.11. The van der Waals surface area contributed by atoms with Crippen molar-refractivity contribution in [2.75, 3.05) is 27.9 Å². The Kier molecular flexibility index (Phi) is 7.31. The van der Waals surface area contributed by atoms with Crippen LogP contribution in [0.1, 0.15) is 16.7 Å². The molecule has 0 atom stereocenters. The van der Waals surface area contributed by atoms with E-state index in [-0.39, 0.29) is 0 Å². The Morgan fingerprint density at radius 3 is 2.42 bits per heavy atom. The molecule has 162 valence electrons. The van der Waals surface area contributed by atoms with Crippen LogP contribution in [0.4, 0.5) is 0 Å². The highest BCUT2D eigenvalue weighted by molar-refractivity contribution is 7.07. The van der Waals surface area contributed by atoms with Gasteiger partial charge in [0.05, 0.1) is 39.8 Å². The molecule has 0 radical (unpaired) electrons. The van der Waals surface area contributed by atoms with Gasteiger partial charge in [0, 0.05) is 16.5 Å². The van der Waals surface area contributed by atoms with Gasteiger partial charge in [-0.3, -0.25) is 4.99 Å². The van der Waals surface area contributed by atoms with Crippen LogP contribution in [0, 0.1) is 13.8 Å². The number of aromatic nitrogens is 1. The summed E-state index contributed by atoms with van der Waals surface area (Å²) in [4.78, 5) is 5.38. The molecule has 3 rings (SSSR count). The monoisotopic (exact) mass is 437 g/mol. The van der Waals surface area contributed by atoms with Crippen molar-refractivity contribution in [2.45, 2.75) is 13.8 Å². The molecule has 0 aliphatic heterocycles. The molecule has 7 heteroatoms. The summed E-state index contributed by atoms with van der Waals surface area (Å²) in [5, 5.41) is 6.82. The van der Waals surface area contributed by atoms with Gasteiger partial charge >= 0.3 is 0 Å². The van der Waals surface area contributed by atoms with Crippen molar-refractivity contribution in [3.05, 3.63) is 69.9 Å². The summed E-state index contributed by atoms with van der Waals surface area (Å²) in [6.45, 7) is 8.49. The molecule has 0 spiro atoms. The summed E-state index contributed by atoms with van der Waals surface area (Å²) in [5.74, 6) is 1.67. The molecule has 3 aromatic rings. The van der Waals surface area contributed by atoms with Gasteiger partial charge in [-0.15, -0.1) is 17.9 Å². The second kappa shape index (κ2) is 10.1. The molecular weight excluding hydrogens is 410 g/mol. The van der Waals surface area contributed by atoms with Crippen molar-refractivity contribution >= 4 is 17.6 Å². The Balaban J connectivity index is 2.14. The van der Waals surface area contributed by atoms with E-state index in [1.54, 1.807) is 33.6 Å². The maximum atomic E-state index is 5.58. The Bertz CT molecular complexity index is 1180. The molecule has 0 saturated carbocycles. The predicted octanol–water partition coefficient (Wildman–Crippen LogP) is 4.83. The lowest BCUT2D eigenvalue weighted by molar-refractivity contribution is 0.324. The lowest BCUT2D eigenvalue weighted by atomic mass is 10.1. The summed E-state index contributed by atoms with van der Waals surface area (Å²) in [6.07, 6.45) is 3.51. The zero-order valence-electron chi connectivity index (χ0n) is 18.5. The van der Waals surface area contributed by atoms with Crippen LogP contribution >= 0.6 is 11.3 Å². The Hall–Kier alpha value is -3.32. The summed E-state index contributed by atoms with van der Waals surface area (Å²) in [7, 11) is 4.77. The molecule has 0 amide bonds. The minimum atomic E-state index is 0.516. The van der Waals surface area contributed by atoms with Gasteiger partial charge in [-0.2, -0.15) is 5.10 Å². The fourth-order valence-corrected chi connectivity index (χ4v) is 3.95. The molecule has 0 aliphatic rings. The van der Waals surface area contributed by atoms with Crippen molar-refractivity contribution in [3.63, 3.8) is 0 Å². The third-order valence-corrected chi connectivity index (χ3v) is 5.74. The Morgan fingerprint density at radius 1 is 1.00 bits per heavy atom. The van der Waals surface area contributed by atoms with Crippen molar-refractivity contribution in [1.82, 2.24) is 4.68 Å². The first-order chi connectivity index (χ1) is 15.0. The number of hydrogen-bond donors (Lipinski definition) is 0. The van der Waals surface area contributed by atoms with Crippen LogP contribution in [0.15, 0.2) is 58.5 Å². The molecule has 2 aromatic carbocycles. The van der Waals surface area contributed by atoms with Gasteiger partial charge in [-0.05, 0) is 43.2 Å². The number of thiazole rings is 1. The van der Waals surface area contributed by atoms with Crippen molar-refractivity contribution in [2.24, 2.45) is 10.1 Å². The first kappa shape index (κ1) is 22.4. The van der Waals surface area contributed by atoms with E-state index in [1.807, 2.05) is 16.8 Å². The highest BCUT2D eigenvalue weighted by Crippen LogP contribution is 2.39. The molecule has 0 N–H and O–H groups in total. The van der Waals surface area contributed by atoms with E-state index < -0.39 is 0 Å². The summed E-state index contributed by atoms with van der Waals surface area (Å²) < 4.78 is 18.3. The third kappa shape index (κ3) is 4.72. The summed E-state index contributed by atoms with van der Waals surface area (Å²) in [6, 6.07) is 10.1. The number of ether oxygens (including phenoxy) is 3. The second-order valence-corrected chi connectivity index (χ2v) is 7.65. The van der Waals surface area contributed by atoms with E-state index in [2.05, 4.69) is 49.0 Å². The largest absolute Gasteiger partial charge is 0.493 e. The lowest BCUT2D eigenvalue weighted by Gasteiger charge is -2.13. The number of hydrogen-bond acceptors (Lipinski definition) is 6. The van der Waals surface area contributed by atoms with Gasteiger partial charge in [0.1, 0.15) is 0 Å². The topological polar surface area (TPSA) is 57.3 Å². The van der Waals surface area contributed by atoms with Crippen LogP contribution in [-0.4, -0.2) is 38.8 Å². The standard InChI is InChI=1S/C24H27N3O3S/c1-7-12-25-24-27(20(15-31-24)18-9-8-16(2)17(3)13-18)26-14-19-10-11-21(28-4)23(30-6)22(19)29-5/h7-11,13-15H,1,12H2,2-6H3. The number of nitrogens with zero attached hydrogens (tertiary/aromatic N) is 3. The molecule has 6 nitrogen and oxygen atoms in total. The maximum absolute atomic E-state index is 5.58. The highest BCUT2D eigenvalue weighted by atomic mass is 32.1. The van der Waals surface area contributed by atoms with E-state index in [4.69, 9.17) is 19.3 Å². The zero-order chi connectivity index (χ0) is 22.4. The van der Waals surface area contributed by atoms with Gasteiger partial charge < -0.3 is 14.2 Å². The average Bonchev–Trinajstić information content (AvgIpc) is 3.19. The molecule has 0 unspecified atom stereocenters. The Morgan fingerprint density at radius 2 is 1.77 bits per heavy atom. The lowest BCUT2D eigenvalue weighted by Crippen LogP contribution is -2.12. The molecule has 0 fully saturated rings. The fraction of sp³-hybridized carbons (Fsp3) is 0.250. The second-order valence-electron chi connectivity index (χ2n) is 6.81. The van der Waals surface area contributed by atoms with Crippen LogP contribution in [0.2, 0.25) is 0 Å². The molecule has 31 heavy (non-hydrogen) atoms. The Labute approximate surface area is 186 Å². The van der Waals surface area contributed by atoms with Crippen molar-refractivity contribution in [1.29, 1.82) is 0 Å². The minimum absolute atomic E-state index is 0.516. The number of aryl methyl sites for hydroxylation is 2. The maximum Gasteiger partial charge on any atom is 0.206 e. The predicted molar refractivity (Wildman–Crippen MR) is 127 cm³/mol. The van der Waals surface area contributed by atoms with Gasteiger partial charge in [0.25, 0.3) is 0 Å². The zero-order valence-corrected chi connectivity index (χ0v) is 19.3. The van der Waals surface area contributed by atoms with Crippen LogP contribution in [0.3, 0.4) is 0 Å². The quantitative estimate of drug-likeness (QED) is 0.375. The van der Waals surface area contributed by atoms with Crippen LogP contribution in [0.5, 0.6) is 17.2 Å². The van der Waals surface area contributed by atoms with Crippen LogP contribution in [0.25, 0.3) is 11.3 Å². The minimum Gasteiger partial charge on any atom is -0.493 e. The molecule has 1 heterocycles. The number of methoxy groups -OCH3 is 3. The first-order valence-electron chi connectivity index (χ1n) is 9.76. The SMILES string of the molecule is C=CCN=c1scc(-c2ccc(C)c(C)c2)n1N=Cc1ccc(OC)c(OC)c1OC. The van der Waals surface area contributed by atoms with Crippen LogP contribution in [-0.2, 0) is 0 Å². The van der Waals surface area contributed by atoms with Crippen molar-refractivity contribution < 1.29 is 14.2 Å². The first-order valence-corrected chi connectivity index (χ1v) is 10.6. The van der Waals surface area contributed by atoms with Gasteiger partial charge in [0.2, 0.25) is 10.6 Å². The van der Waals surface area contributed by atoms with E-state index in [0.29, 0.717) is 23.8 Å². The van der Waals surface area contributed by atoms with Gasteiger partial charge in [0.15, 0.2) is 11.5 Å². The smallest absolute Gasteiger partial charge is 0.206 e. The number of benzene rings is 2. The van der Waals surface area contributed by atoms with Gasteiger partial charge in [-0.25, -0.2) is 4.68 Å².